The summed E-state index contributed by atoms with van der Waals surface area (Å²) in [5, 5.41) is 3.13. The monoisotopic (exact) mass is 253 g/mol. The van der Waals surface area contributed by atoms with Gasteiger partial charge < -0.3 is 10.1 Å². The molecule has 1 aromatic rings. The molecule has 0 atom stereocenters. The van der Waals surface area contributed by atoms with Crippen LogP contribution in [0.1, 0.15) is 23.2 Å². The molecule has 0 spiro atoms. The molecule has 1 fully saturated rings. The van der Waals surface area contributed by atoms with Crippen molar-refractivity contribution in [2.75, 3.05) is 6.61 Å². The van der Waals surface area contributed by atoms with E-state index in [2.05, 4.69) is 5.32 Å². The van der Waals surface area contributed by atoms with Gasteiger partial charge in [0.15, 0.2) is 6.61 Å². The topological polar surface area (TPSA) is 55.4 Å². The summed E-state index contributed by atoms with van der Waals surface area (Å²) in [5.41, 5.74) is 0.477. The molecule has 4 nitrogen and oxygen atoms in total. The van der Waals surface area contributed by atoms with Crippen LogP contribution in [0.2, 0.25) is 5.02 Å². The molecule has 0 radical (unpaired) electrons. The van der Waals surface area contributed by atoms with E-state index in [1.54, 1.807) is 12.1 Å². The smallest absolute Gasteiger partial charge is 0.258 e. The minimum atomic E-state index is -0.150. The Morgan fingerprint density at radius 1 is 1.53 bits per heavy atom. The maximum absolute atomic E-state index is 11.4. The summed E-state index contributed by atoms with van der Waals surface area (Å²) in [4.78, 5) is 21.9. The van der Waals surface area contributed by atoms with Crippen LogP contribution in [-0.4, -0.2) is 24.8 Å². The zero-order valence-corrected chi connectivity index (χ0v) is 9.87. The fourth-order valence-electron chi connectivity index (χ4n) is 1.35. The zero-order valence-electron chi connectivity index (χ0n) is 9.11. The van der Waals surface area contributed by atoms with Crippen LogP contribution in [0.25, 0.3) is 0 Å². The van der Waals surface area contributed by atoms with Gasteiger partial charge in [0.05, 0.1) is 5.02 Å². The Morgan fingerprint density at radius 2 is 2.29 bits per heavy atom. The molecule has 1 amide bonds. The largest absolute Gasteiger partial charge is 0.482 e. The van der Waals surface area contributed by atoms with Gasteiger partial charge in [0.1, 0.15) is 12.0 Å². The molecule has 17 heavy (non-hydrogen) atoms. The first-order valence-corrected chi connectivity index (χ1v) is 5.74. The van der Waals surface area contributed by atoms with Crippen LogP contribution in [0.15, 0.2) is 18.2 Å². The summed E-state index contributed by atoms with van der Waals surface area (Å²) in [7, 11) is 0. The number of carbonyl (C=O) groups is 2. The van der Waals surface area contributed by atoms with Gasteiger partial charge in [0, 0.05) is 11.6 Å². The van der Waals surface area contributed by atoms with E-state index in [0.717, 1.165) is 12.8 Å². The van der Waals surface area contributed by atoms with Crippen molar-refractivity contribution in [1.29, 1.82) is 0 Å². The van der Waals surface area contributed by atoms with E-state index in [1.165, 1.54) is 6.07 Å². The van der Waals surface area contributed by atoms with Crippen LogP contribution in [0.3, 0.4) is 0 Å². The highest BCUT2D eigenvalue weighted by atomic mass is 35.5. The second kappa shape index (κ2) is 5.19. The second-order valence-corrected chi connectivity index (χ2v) is 4.35. The Balaban J connectivity index is 1.89. The van der Waals surface area contributed by atoms with E-state index in [0.29, 0.717) is 28.7 Å². The van der Waals surface area contributed by atoms with E-state index in [1.807, 2.05) is 0 Å². The first kappa shape index (κ1) is 11.9. The lowest BCUT2D eigenvalue weighted by molar-refractivity contribution is -0.123. The van der Waals surface area contributed by atoms with Crippen molar-refractivity contribution in [2.24, 2.45) is 0 Å². The fourth-order valence-corrected chi connectivity index (χ4v) is 1.59. The molecule has 1 aromatic carbocycles. The number of benzene rings is 1. The molecule has 0 unspecified atom stereocenters. The van der Waals surface area contributed by atoms with Crippen molar-refractivity contribution in [2.45, 2.75) is 18.9 Å². The van der Waals surface area contributed by atoms with Crippen molar-refractivity contribution in [3.05, 3.63) is 28.8 Å². The van der Waals surface area contributed by atoms with Gasteiger partial charge in [0.25, 0.3) is 5.91 Å². The molecule has 1 saturated carbocycles. The van der Waals surface area contributed by atoms with Crippen molar-refractivity contribution < 1.29 is 14.3 Å². The minimum absolute atomic E-state index is 0.0589. The van der Waals surface area contributed by atoms with Crippen LogP contribution >= 0.6 is 11.6 Å². The summed E-state index contributed by atoms with van der Waals surface area (Å²) in [6, 6.07) is 4.99. The molecule has 5 heteroatoms. The molecule has 1 N–H and O–H groups in total. The third-order valence-electron chi connectivity index (χ3n) is 2.39. The van der Waals surface area contributed by atoms with Crippen molar-refractivity contribution in [3.63, 3.8) is 0 Å². The van der Waals surface area contributed by atoms with E-state index in [4.69, 9.17) is 16.3 Å². The molecule has 0 aliphatic heterocycles. The molecule has 0 saturated heterocycles. The van der Waals surface area contributed by atoms with E-state index < -0.39 is 0 Å². The zero-order chi connectivity index (χ0) is 12.3. The lowest BCUT2D eigenvalue weighted by atomic mass is 10.2. The highest BCUT2D eigenvalue weighted by Gasteiger charge is 2.23. The average Bonchev–Trinajstić information content (AvgIpc) is 3.11. The molecule has 0 bridgehead atoms. The molecular formula is C12H12ClNO3. The molecule has 1 aliphatic carbocycles. The van der Waals surface area contributed by atoms with Gasteiger partial charge in [-0.05, 0) is 31.0 Å². The third-order valence-corrected chi connectivity index (χ3v) is 2.69. The molecule has 90 valence electrons. The first-order chi connectivity index (χ1) is 8.19. The maximum atomic E-state index is 11.4. The van der Waals surface area contributed by atoms with Crippen molar-refractivity contribution >= 4 is 23.8 Å². The lowest BCUT2D eigenvalue weighted by Gasteiger charge is -2.08. The molecule has 2 rings (SSSR count). The Labute approximate surface area is 104 Å². The van der Waals surface area contributed by atoms with Gasteiger partial charge in [0.2, 0.25) is 0 Å². The van der Waals surface area contributed by atoms with E-state index >= 15 is 0 Å². The van der Waals surface area contributed by atoms with Crippen LogP contribution < -0.4 is 10.1 Å². The number of rotatable bonds is 5. The van der Waals surface area contributed by atoms with Crippen LogP contribution in [-0.2, 0) is 4.79 Å². The number of halogens is 1. The minimum Gasteiger partial charge on any atom is -0.482 e. The van der Waals surface area contributed by atoms with E-state index in [9.17, 15) is 9.59 Å². The van der Waals surface area contributed by atoms with Gasteiger partial charge in [-0.25, -0.2) is 0 Å². The molecule has 0 heterocycles. The van der Waals surface area contributed by atoms with Crippen LogP contribution in [0.4, 0.5) is 0 Å². The average molecular weight is 254 g/mol. The van der Waals surface area contributed by atoms with Gasteiger partial charge in [-0.2, -0.15) is 0 Å². The quantitative estimate of drug-likeness (QED) is 0.815. The molecule has 1 aliphatic rings. The third kappa shape index (κ3) is 3.46. The SMILES string of the molecule is O=Cc1ccc(OCC(=O)NC2CC2)c(Cl)c1. The number of amides is 1. The Hall–Kier alpha value is -1.55. The van der Waals surface area contributed by atoms with Gasteiger partial charge in [-0.15, -0.1) is 0 Å². The Morgan fingerprint density at radius 3 is 2.88 bits per heavy atom. The number of carbonyl (C=O) groups excluding carboxylic acids is 2. The van der Waals surface area contributed by atoms with Gasteiger partial charge in [-0.1, -0.05) is 11.6 Å². The Bertz CT molecular complexity index is 443. The number of nitrogens with one attached hydrogen (secondary N) is 1. The normalized spacial score (nSPS) is 14.2. The molecule has 0 aromatic heterocycles. The summed E-state index contributed by atoms with van der Waals surface area (Å²) in [5.74, 6) is 0.256. The number of ether oxygens (including phenoxy) is 1. The summed E-state index contributed by atoms with van der Waals surface area (Å²) >= 11 is 5.89. The fraction of sp³-hybridized carbons (Fsp3) is 0.333. The van der Waals surface area contributed by atoms with Gasteiger partial charge >= 0.3 is 0 Å². The number of hydrogen-bond acceptors (Lipinski definition) is 3. The maximum Gasteiger partial charge on any atom is 0.258 e. The summed E-state index contributed by atoms with van der Waals surface area (Å²) in [6.45, 7) is -0.0589. The van der Waals surface area contributed by atoms with E-state index in [-0.39, 0.29) is 12.5 Å². The van der Waals surface area contributed by atoms with Crippen molar-refractivity contribution in [1.82, 2.24) is 5.32 Å². The van der Waals surface area contributed by atoms with Gasteiger partial charge in [-0.3, -0.25) is 9.59 Å². The summed E-state index contributed by atoms with van der Waals surface area (Å²) < 4.78 is 5.27. The number of aldehydes is 1. The highest BCUT2D eigenvalue weighted by molar-refractivity contribution is 6.32. The lowest BCUT2D eigenvalue weighted by Crippen LogP contribution is -2.30. The predicted molar refractivity (Wildman–Crippen MR) is 63.5 cm³/mol. The number of hydrogen-bond donors (Lipinski definition) is 1. The molecular weight excluding hydrogens is 242 g/mol. The predicted octanol–water partition coefficient (Wildman–Crippen LogP) is 1.81. The first-order valence-electron chi connectivity index (χ1n) is 5.36. The standard InChI is InChI=1S/C12H12ClNO3/c13-10-5-8(6-15)1-4-11(10)17-7-12(16)14-9-2-3-9/h1,4-6,9H,2-3,7H2,(H,14,16). The highest BCUT2D eigenvalue weighted by Crippen LogP contribution is 2.25. The summed E-state index contributed by atoms with van der Waals surface area (Å²) in [6.07, 6.45) is 2.79. The second-order valence-electron chi connectivity index (χ2n) is 3.94. The van der Waals surface area contributed by atoms with Crippen LogP contribution in [0, 0.1) is 0 Å². The van der Waals surface area contributed by atoms with Crippen LogP contribution in [0.5, 0.6) is 5.75 Å². The van der Waals surface area contributed by atoms with Crippen molar-refractivity contribution in [3.8, 4) is 5.75 Å². The Kier molecular flexibility index (Phi) is 3.64.